The van der Waals surface area contributed by atoms with Crippen LogP contribution in [0.5, 0.6) is 0 Å². The summed E-state index contributed by atoms with van der Waals surface area (Å²) in [5, 5.41) is 9.62. The molecule has 1 aliphatic rings. The number of aromatic nitrogens is 2. The Bertz CT molecular complexity index is 352. The summed E-state index contributed by atoms with van der Waals surface area (Å²) in [6.07, 6.45) is 3.31. The summed E-state index contributed by atoms with van der Waals surface area (Å²) in [4.78, 5) is 10.4. The van der Waals surface area contributed by atoms with Crippen LogP contribution in [0.4, 0.5) is 5.82 Å². The van der Waals surface area contributed by atoms with Gasteiger partial charge in [0.2, 0.25) is 5.28 Å². The molecule has 16 heavy (non-hydrogen) atoms. The number of aryl methyl sites for hydroxylation is 1. The van der Waals surface area contributed by atoms with Crippen molar-refractivity contribution in [3.8, 4) is 0 Å². The molecule has 0 radical (unpaired) electrons. The zero-order chi connectivity index (χ0) is 11.5. The molecule has 4 nitrogen and oxygen atoms in total. The van der Waals surface area contributed by atoms with Gasteiger partial charge in [-0.05, 0) is 37.8 Å². The first kappa shape index (κ1) is 11.6. The standard InChI is InChI=1S/C11H16ClN3O/c1-8-6-10(14-11(12)13-8)15-5-3-2-4-9(15)7-16/h6,9,16H,2-5,7H2,1H3. The first-order valence-corrected chi connectivity index (χ1v) is 5.97. The monoisotopic (exact) mass is 241 g/mol. The fraction of sp³-hybridized carbons (Fsp3) is 0.636. The third kappa shape index (κ3) is 2.44. The molecule has 0 spiro atoms. The molecule has 1 N–H and O–H groups in total. The van der Waals surface area contributed by atoms with E-state index in [4.69, 9.17) is 11.6 Å². The van der Waals surface area contributed by atoms with Crippen molar-refractivity contribution in [2.45, 2.75) is 32.2 Å². The lowest BCUT2D eigenvalue weighted by atomic mass is 10.0. The summed E-state index contributed by atoms with van der Waals surface area (Å²) in [6.45, 7) is 2.99. The number of aliphatic hydroxyl groups is 1. The lowest BCUT2D eigenvalue weighted by molar-refractivity contribution is 0.239. The van der Waals surface area contributed by atoms with Gasteiger partial charge in [0.05, 0.1) is 12.6 Å². The van der Waals surface area contributed by atoms with E-state index in [1.54, 1.807) is 0 Å². The van der Waals surface area contributed by atoms with Crippen molar-refractivity contribution in [2.24, 2.45) is 0 Å². The Labute approximate surface area is 100 Å². The van der Waals surface area contributed by atoms with Gasteiger partial charge in [-0.1, -0.05) is 0 Å². The van der Waals surface area contributed by atoms with Gasteiger partial charge in [0.1, 0.15) is 5.82 Å². The third-order valence-corrected chi connectivity index (χ3v) is 3.11. The van der Waals surface area contributed by atoms with Crippen LogP contribution in [0.25, 0.3) is 0 Å². The zero-order valence-electron chi connectivity index (χ0n) is 9.36. The number of rotatable bonds is 2. The van der Waals surface area contributed by atoms with E-state index in [0.29, 0.717) is 0 Å². The van der Waals surface area contributed by atoms with Crippen molar-refractivity contribution in [3.63, 3.8) is 0 Å². The number of piperidine rings is 1. The molecular weight excluding hydrogens is 226 g/mol. The Hall–Kier alpha value is -0.870. The second-order valence-electron chi connectivity index (χ2n) is 4.16. The highest BCUT2D eigenvalue weighted by atomic mass is 35.5. The molecule has 1 fully saturated rings. The molecule has 0 bridgehead atoms. The highest BCUT2D eigenvalue weighted by molar-refractivity contribution is 6.28. The Morgan fingerprint density at radius 2 is 2.31 bits per heavy atom. The minimum absolute atomic E-state index is 0.166. The van der Waals surface area contributed by atoms with Crippen LogP contribution >= 0.6 is 11.6 Å². The van der Waals surface area contributed by atoms with Gasteiger partial charge >= 0.3 is 0 Å². The van der Waals surface area contributed by atoms with Gasteiger partial charge in [-0.2, -0.15) is 0 Å². The molecule has 1 aromatic rings. The second kappa shape index (κ2) is 4.97. The maximum absolute atomic E-state index is 9.34. The van der Waals surface area contributed by atoms with E-state index in [1.165, 1.54) is 6.42 Å². The number of hydrogen-bond donors (Lipinski definition) is 1. The predicted octanol–water partition coefficient (Wildman–Crippen LogP) is 1.79. The number of anilines is 1. The van der Waals surface area contributed by atoms with E-state index in [9.17, 15) is 5.11 Å². The van der Waals surface area contributed by atoms with Crippen LogP contribution in [0, 0.1) is 6.92 Å². The molecule has 88 valence electrons. The summed E-state index contributed by atoms with van der Waals surface area (Å²) in [5.74, 6) is 0.830. The maximum atomic E-state index is 9.34. The number of nitrogens with zero attached hydrogens (tertiary/aromatic N) is 3. The fourth-order valence-electron chi connectivity index (χ4n) is 2.16. The van der Waals surface area contributed by atoms with Crippen molar-refractivity contribution < 1.29 is 5.11 Å². The quantitative estimate of drug-likeness (QED) is 0.802. The van der Waals surface area contributed by atoms with E-state index in [-0.39, 0.29) is 17.9 Å². The molecule has 1 unspecified atom stereocenters. The van der Waals surface area contributed by atoms with Gasteiger partial charge < -0.3 is 10.0 Å². The highest BCUT2D eigenvalue weighted by Gasteiger charge is 2.23. The van der Waals surface area contributed by atoms with E-state index in [1.807, 2.05) is 13.0 Å². The summed E-state index contributed by atoms with van der Waals surface area (Å²) < 4.78 is 0. The number of hydrogen-bond acceptors (Lipinski definition) is 4. The van der Waals surface area contributed by atoms with Gasteiger partial charge in [0.25, 0.3) is 0 Å². The lowest BCUT2D eigenvalue weighted by Gasteiger charge is -2.35. The lowest BCUT2D eigenvalue weighted by Crippen LogP contribution is -2.42. The third-order valence-electron chi connectivity index (χ3n) is 2.95. The molecule has 5 heteroatoms. The summed E-state index contributed by atoms with van der Waals surface area (Å²) >= 11 is 5.85. The van der Waals surface area contributed by atoms with E-state index >= 15 is 0 Å². The Morgan fingerprint density at radius 3 is 3.00 bits per heavy atom. The van der Waals surface area contributed by atoms with Crippen molar-refractivity contribution in [3.05, 3.63) is 17.0 Å². The van der Waals surface area contributed by atoms with E-state index < -0.39 is 0 Å². The number of aliphatic hydroxyl groups excluding tert-OH is 1. The molecule has 2 heterocycles. The highest BCUT2D eigenvalue weighted by Crippen LogP contribution is 2.24. The Kier molecular flexibility index (Phi) is 3.61. The molecule has 1 atom stereocenters. The van der Waals surface area contributed by atoms with Crippen LogP contribution in [0.2, 0.25) is 5.28 Å². The van der Waals surface area contributed by atoms with Gasteiger partial charge in [-0.15, -0.1) is 0 Å². The largest absolute Gasteiger partial charge is 0.394 e. The smallest absolute Gasteiger partial charge is 0.224 e. The summed E-state index contributed by atoms with van der Waals surface area (Å²) in [6, 6.07) is 2.08. The van der Waals surface area contributed by atoms with Crippen molar-refractivity contribution in [1.29, 1.82) is 0 Å². The van der Waals surface area contributed by atoms with Crippen molar-refractivity contribution in [1.82, 2.24) is 9.97 Å². The Balaban J connectivity index is 2.26. The van der Waals surface area contributed by atoms with Crippen LogP contribution in [0.1, 0.15) is 25.0 Å². The fourth-order valence-corrected chi connectivity index (χ4v) is 2.38. The van der Waals surface area contributed by atoms with Crippen LogP contribution < -0.4 is 4.90 Å². The zero-order valence-corrected chi connectivity index (χ0v) is 10.1. The van der Waals surface area contributed by atoms with Gasteiger partial charge in [0, 0.05) is 18.3 Å². The minimum Gasteiger partial charge on any atom is -0.394 e. The average Bonchev–Trinajstić information content (AvgIpc) is 2.27. The first-order valence-electron chi connectivity index (χ1n) is 5.59. The predicted molar refractivity (Wildman–Crippen MR) is 63.8 cm³/mol. The van der Waals surface area contributed by atoms with Crippen LogP contribution in [0.15, 0.2) is 6.07 Å². The molecule has 1 saturated heterocycles. The average molecular weight is 242 g/mol. The van der Waals surface area contributed by atoms with Crippen LogP contribution in [-0.4, -0.2) is 34.3 Å². The van der Waals surface area contributed by atoms with Gasteiger partial charge in [-0.25, -0.2) is 9.97 Å². The molecule has 0 saturated carbocycles. The first-order chi connectivity index (χ1) is 7.70. The SMILES string of the molecule is Cc1cc(N2CCCCC2CO)nc(Cl)n1. The minimum atomic E-state index is 0.166. The van der Waals surface area contributed by atoms with Gasteiger partial charge in [0.15, 0.2) is 0 Å². The van der Waals surface area contributed by atoms with Crippen molar-refractivity contribution in [2.75, 3.05) is 18.1 Å². The van der Waals surface area contributed by atoms with Gasteiger partial charge in [-0.3, -0.25) is 0 Å². The van der Waals surface area contributed by atoms with E-state index in [0.717, 1.165) is 30.9 Å². The molecule has 0 aliphatic carbocycles. The molecule has 1 aromatic heterocycles. The number of halogens is 1. The second-order valence-corrected chi connectivity index (χ2v) is 4.50. The maximum Gasteiger partial charge on any atom is 0.224 e. The summed E-state index contributed by atoms with van der Waals surface area (Å²) in [7, 11) is 0. The normalized spacial score (nSPS) is 21.2. The molecule has 1 aliphatic heterocycles. The topological polar surface area (TPSA) is 49.2 Å². The molecule has 0 aromatic carbocycles. The molecule has 0 amide bonds. The Morgan fingerprint density at radius 1 is 1.50 bits per heavy atom. The summed E-state index contributed by atoms with van der Waals surface area (Å²) in [5.41, 5.74) is 0.859. The van der Waals surface area contributed by atoms with E-state index in [2.05, 4.69) is 14.9 Å². The van der Waals surface area contributed by atoms with Crippen LogP contribution in [-0.2, 0) is 0 Å². The van der Waals surface area contributed by atoms with Crippen molar-refractivity contribution >= 4 is 17.4 Å². The molecular formula is C11H16ClN3O. The van der Waals surface area contributed by atoms with Crippen LogP contribution in [0.3, 0.4) is 0 Å². The molecule has 2 rings (SSSR count).